The van der Waals surface area contributed by atoms with Crippen LogP contribution in [0.25, 0.3) is 22.4 Å². The second kappa shape index (κ2) is 8.92. The smallest absolute Gasteiger partial charge is 0.263 e. The van der Waals surface area contributed by atoms with Gasteiger partial charge >= 0.3 is 0 Å². The SMILES string of the molecule is Cc1nc2nc([C@H]3CCO[C@H](c4cnn(C5CC5)c4)C3)nc(-c3ccc(C(F)F)cc3F)c2nc1C. The van der Waals surface area contributed by atoms with Crippen molar-refractivity contribution in [1.29, 1.82) is 0 Å². The monoisotopic (exact) mass is 494 g/mol. The Kier molecular flexibility index (Phi) is 5.70. The summed E-state index contributed by atoms with van der Waals surface area (Å²) in [5.41, 5.74) is 3.08. The van der Waals surface area contributed by atoms with Gasteiger partial charge in [0.2, 0.25) is 0 Å². The Balaban J connectivity index is 1.41. The predicted molar refractivity (Wildman–Crippen MR) is 126 cm³/mol. The van der Waals surface area contributed by atoms with E-state index in [0.717, 1.165) is 24.5 Å². The summed E-state index contributed by atoms with van der Waals surface area (Å²) in [6.45, 7) is 4.17. The first kappa shape index (κ1) is 23.0. The summed E-state index contributed by atoms with van der Waals surface area (Å²) in [7, 11) is 0. The van der Waals surface area contributed by atoms with Crippen LogP contribution in [0, 0.1) is 19.7 Å². The summed E-state index contributed by atoms with van der Waals surface area (Å²) in [5, 5.41) is 4.49. The number of hydrogen-bond donors (Lipinski definition) is 0. The summed E-state index contributed by atoms with van der Waals surface area (Å²) in [6, 6.07) is 3.89. The molecule has 186 valence electrons. The Bertz CT molecular complexity index is 1450. The quantitative estimate of drug-likeness (QED) is 0.341. The van der Waals surface area contributed by atoms with Crippen molar-refractivity contribution < 1.29 is 17.9 Å². The molecule has 1 aliphatic heterocycles. The zero-order valence-corrected chi connectivity index (χ0v) is 20.0. The highest BCUT2D eigenvalue weighted by Crippen LogP contribution is 2.40. The lowest BCUT2D eigenvalue weighted by Crippen LogP contribution is -2.20. The van der Waals surface area contributed by atoms with Crippen LogP contribution in [0.3, 0.4) is 0 Å². The van der Waals surface area contributed by atoms with Crippen molar-refractivity contribution in [3.05, 3.63) is 64.7 Å². The molecular formula is C26H25F3N6O. The van der Waals surface area contributed by atoms with Crippen LogP contribution in [0.5, 0.6) is 0 Å². The molecule has 4 heterocycles. The van der Waals surface area contributed by atoms with Crippen LogP contribution >= 0.6 is 0 Å². The molecule has 2 fully saturated rings. The minimum atomic E-state index is -2.76. The van der Waals surface area contributed by atoms with Gasteiger partial charge in [-0.15, -0.1) is 0 Å². The number of nitrogens with zero attached hydrogens (tertiary/aromatic N) is 6. The number of fused-ring (bicyclic) bond motifs is 1. The first-order valence-electron chi connectivity index (χ1n) is 12.1. The van der Waals surface area contributed by atoms with Crippen molar-refractivity contribution in [3.63, 3.8) is 0 Å². The van der Waals surface area contributed by atoms with Crippen LogP contribution < -0.4 is 0 Å². The number of hydrogen-bond acceptors (Lipinski definition) is 6. The fraction of sp³-hybridized carbons (Fsp3) is 0.423. The number of halogens is 3. The van der Waals surface area contributed by atoms with Gasteiger partial charge in [-0.05, 0) is 51.7 Å². The molecule has 1 aliphatic carbocycles. The van der Waals surface area contributed by atoms with Crippen molar-refractivity contribution >= 4 is 11.2 Å². The van der Waals surface area contributed by atoms with Crippen LogP contribution in [-0.4, -0.2) is 36.3 Å². The van der Waals surface area contributed by atoms with E-state index in [2.05, 4.69) is 21.3 Å². The van der Waals surface area contributed by atoms with Gasteiger partial charge in [-0.25, -0.2) is 33.1 Å². The Morgan fingerprint density at radius 1 is 1.03 bits per heavy atom. The molecule has 4 aromatic rings. The fourth-order valence-corrected chi connectivity index (χ4v) is 4.68. The van der Waals surface area contributed by atoms with E-state index >= 15 is 4.39 Å². The first-order valence-corrected chi connectivity index (χ1v) is 12.1. The second-order valence-corrected chi connectivity index (χ2v) is 9.60. The summed E-state index contributed by atoms with van der Waals surface area (Å²) in [4.78, 5) is 18.7. The second-order valence-electron chi connectivity index (χ2n) is 9.60. The Labute approximate surface area is 205 Å². The predicted octanol–water partition coefficient (Wildman–Crippen LogP) is 5.95. The van der Waals surface area contributed by atoms with Gasteiger partial charge in [0.1, 0.15) is 22.9 Å². The molecule has 0 amide bonds. The zero-order chi connectivity index (χ0) is 25.0. The van der Waals surface area contributed by atoms with Gasteiger partial charge in [0.05, 0.1) is 29.7 Å². The largest absolute Gasteiger partial charge is 0.373 e. The highest BCUT2D eigenvalue weighted by atomic mass is 19.3. The molecule has 6 rings (SSSR count). The molecule has 10 heteroatoms. The maximum atomic E-state index is 15.1. The van der Waals surface area contributed by atoms with Crippen molar-refractivity contribution in [3.8, 4) is 11.3 Å². The Hall–Kier alpha value is -3.40. The molecule has 1 aromatic carbocycles. The van der Waals surface area contributed by atoms with E-state index in [4.69, 9.17) is 14.7 Å². The lowest BCUT2D eigenvalue weighted by Gasteiger charge is -2.28. The van der Waals surface area contributed by atoms with Gasteiger partial charge in [-0.3, -0.25) is 4.68 Å². The van der Waals surface area contributed by atoms with Gasteiger partial charge in [0, 0.05) is 35.4 Å². The summed E-state index contributed by atoms with van der Waals surface area (Å²) in [6.07, 6.45) is 4.64. The van der Waals surface area contributed by atoms with E-state index in [9.17, 15) is 8.78 Å². The molecule has 1 saturated heterocycles. The molecule has 2 aliphatic rings. The van der Waals surface area contributed by atoms with E-state index in [1.807, 2.05) is 17.8 Å². The molecule has 3 aromatic heterocycles. The lowest BCUT2D eigenvalue weighted by atomic mass is 9.92. The number of ether oxygens (including phenoxy) is 1. The van der Waals surface area contributed by atoms with Crippen LogP contribution in [0.4, 0.5) is 13.2 Å². The topological polar surface area (TPSA) is 78.6 Å². The van der Waals surface area contributed by atoms with E-state index in [1.54, 1.807) is 6.92 Å². The van der Waals surface area contributed by atoms with Crippen molar-refractivity contribution in [2.75, 3.05) is 6.61 Å². The maximum Gasteiger partial charge on any atom is 0.263 e. The Morgan fingerprint density at radius 2 is 1.83 bits per heavy atom. The van der Waals surface area contributed by atoms with E-state index in [-0.39, 0.29) is 28.8 Å². The number of aryl methyl sites for hydroxylation is 2. The third kappa shape index (κ3) is 4.23. The van der Waals surface area contributed by atoms with Crippen molar-refractivity contribution in [1.82, 2.24) is 29.7 Å². The molecule has 0 bridgehead atoms. The summed E-state index contributed by atoms with van der Waals surface area (Å²) < 4.78 is 49.4. The average molecular weight is 495 g/mol. The van der Waals surface area contributed by atoms with E-state index < -0.39 is 12.2 Å². The molecule has 0 unspecified atom stereocenters. The fourth-order valence-electron chi connectivity index (χ4n) is 4.68. The first-order chi connectivity index (χ1) is 17.4. The number of rotatable bonds is 5. The number of aromatic nitrogens is 6. The molecule has 0 radical (unpaired) electrons. The van der Waals surface area contributed by atoms with Gasteiger partial charge in [-0.1, -0.05) is 6.07 Å². The van der Waals surface area contributed by atoms with Gasteiger partial charge in [0.25, 0.3) is 6.43 Å². The third-order valence-electron chi connectivity index (χ3n) is 7.02. The lowest BCUT2D eigenvalue weighted by molar-refractivity contribution is 0.00396. The molecule has 0 N–H and O–H groups in total. The van der Waals surface area contributed by atoms with E-state index in [1.165, 1.54) is 12.1 Å². The van der Waals surface area contributed by atoms with Crippen molar-refractivity contribution in [2.24, 2.45) is 0 Å². The minimum Gasteiger partial charge on any atom is -0.373 e. The molecule has 36 heavy (non-hydrogen) atoms. The van der Waals surface area contributed by atoms with Crippen LogP contribution in [0.2, 0.25) is 0 Å². The van der Waals surface area contributed by atoms with Gasteiger partial charge in [0.15, 0.2) is 5.65 Å². The molecule has 7 nitrogen and oxygen atoms in total. The standard InChI is InChI=1S/C26H25F3N6O/c1-13-14(2)32-26-23(31-13)22(19-6-3-15(24(28)29)9-20(19)27)33-25(34-26)16-7-8-36-21(10-16)17-11-30-35(12-17)18-4-5-18/h3,6,9,11-12,16,18,21,24H,4-5,7-8,10H2,1-2H3/t16-,21-/m0/s1. The number of alkyl halides is 2. The van der Waals surface area contributed by atoms with Gasteiger partial charge in [-0.2, -0.15) is 5.10 Å². The number of benzene rings is 1. The zero-order valence-electron chi connectivity index (χ0n) is 20.0. The van der Waals surface area contributed by atoms with Crippen LogP contribution in [-0.2, 0) is 4.74 Å². The average Bonchev–Trinajstić information content (AvgIpc) is 3.60. The summed E-state index contributed by atoms with van der Waals surface area (Å²) in [5.74, 6) is -0.311. The summed E-state index contributed by atoms with van der Waals surface area (Å²) >= 11 is 0. The Morgan fingerprint density at radius 3 is 2.58 bits per heavy atom. The third-order valence-corrected chi connectivity index (χ3v) is 7.02. The van der Waals surface area contributed by atoms with Gasteiger partial charge < -0.3 is 4.74 Å². The van der Waals surface area contributed by atoms with Crippen LogP contribution in [0.15, 0.2) is 30.6 Å². The highest BCUT2D eigenvalue weighted by Gasteiger charge is 2.31. The van der Waals surface area contributed by atoms with Crippen molar-refractivity contribution in [2.45, 2.75) is 64.0 Å². The van der Waals surface area contributed by atoms with E-state index in [0.29, 0.717) is 53.9 Å². The highest BCUT2D eigenvalue weighted by molar-refractivity contribution is 5.87. The maximum absolute atomic E-state index is 15.1. The molecular weight excluding hydrogens is 469 g/mol. The minimum absolute atomic E-state index is 0.0528. The van der Waals surface area contributed by atoms with Crippen LogP contribution in [0.1, 0.15) is 78.5 Å². The molecule has 0 spiro atoms. The molecule has 2 atom stereocenters. The molecule has 1 saturated carbocycles. The normalized spacial score (nSPS) is 20.4.